The maximum absolute atomic E-state index is 6.24. The summed E-state index contributed by atoms with van der Waals surface area (Å²) < 4.78 is 5.06. The van der Waals surface area contributed by atoms with Gasteiger partial charge in [0, 0.05) is 29.9 Å². The van der Waals surface area contributed by atoms with Crippen LogP contribution >= 0.6 is 11.6 Å². The van der Waals surface area contributed by atoms with Crippen molar-refractivity contribution in [2.24, 2.45) is 0 Å². The second-order valence-electron chi connectivity index (χ2n) is 5.48. The van der Waals surface area contributed by atoms with E-state index in [-0.39, 0.29) is 0 Å². The number of nitrogens with zero attached hydrogens (tertiary/aromatic N) is 1. The number of methoxy groups -OCH3 is 1. The van der Waals surface area contributed by atoms with E-state index < -0.39 is 0 Å². The van der Waals surface area contributed by atoms with Crippen molar-refractivity contribution < 1.29 is 4.74 Å². The van der Waals surface area contributed by atoms with Crippen LogP contribution in [0.2, 0.25) is 5.02 Å². The van der Waals surface area contributed by atoms with Crippen LogP contribution in [0.1, 0.15) is 29.9 Å². The van der Waals surface area contributed by atoms with Gasteiger partial charge in [-0.2, -0.15) is 0 Å². The summed E-state index contributed by atoms with van der Waals surface area (Å²) in [4.78, 5) is 4.21. The van der Waals surface area contributed by atoms with Gasteiger partial charge < -0.3 is 10.1 Å². The van der Waals surface area contributed by atoms with Gasteiger partial charge in [0.2, 0.25) is 5.88 Å². The Balaban J connectivity index is 1.48. The number of nitrogens with one attached hydrogen (secondary N) is 1. The molecule has 110 valence electrons. The molecule has 1 heterocycles. The lowest BCUT2D eigenvalue weighted by Crippen LogP contribution is -2.39. The van der Waals surface area contributed by atoms with Crippen molar-refractivity contribution >= 4 is 11.6 Å². The molecule has 2 aromatic rings. The maximum atomic E-state index is 6.24. The highest BCUT2D eigenvalue weighted by atomic mass is 35.5. The van der Waals surface area contributed by atoms with Crippen molar-refractivity contribution in [2.75, 3.05) is 7.11 Å². The van der Waals surface area contributed by atoms with Gasteiger partial charge in [0.05, 0.1) is 7.11 Å². The highest BCUT2D eigenvalue weighted by molar-refractivity contribution is 6.31. The Labute approximate surface area is 130 Å². The van der Waals surface area contributed by atoms with E-state index in [9.17, 15) is 0 Å². The van der Waals surface area contributed by atoms with Crippen molar-refractivity contribution in [3.05, 3.63) is 58.7 Å². The first-order chi connectivity index (χ1) is 10.3. The molecule has 1 aromatic heterocycles. The van der Waals surface area contributed by atoms with Crippen molar-refractivity contribution in [1.29, 1.82) is 0 Å². The lowest BCUT2D eigenvalue weighted by molar-refractivity contribution is 0.289. The molecule has 4 heteroatoms. The first-order valence-corrected chi connectivity index (χ1v) is 7.61. The fraction of sp³-hybridized carbons (Fsp3) is 0.353. The minimum Gasteiger partial charge on any atom is -0.481 e. The quantitative estimate of drug-likeness (QED) is 0.912. The van der Waals surface area contributed by atoms with E-state index in [2.05, 4.69) is 22.4 Å². The number of benzene rings is 1. The van der Waals surface area contributed by atoms with Crippen molar-refractivity contribution in [1.82, 2.24) is 10.3 Å². The minimum absolute atomic E-state index is 0.563. The van der Waals surface area contributed by atoms with E-state index in [1.54, 1.807) is 7.11 Å². The Bertz CT molecular complexity index is 594. The van der Waals surface area contributed by atoms with E-state index >= 15 is 0 Å². The van der Waals surface area contributed by atoms with Gasteiger partial charge in [-0.05, 0) is 36.0 Å². The van der Waals surface area contributed by atoms with Gasteiger partial charge in [0.15, 0.2) is 0 Å². The largest absolute Gasteiger partial charge is 0.481 e. The van der Waals surface area contributed by atoms with Crippen molar-refractivity contribution in [3.8, 4) is 5.88 Å². The van der Waals surface area contributed by atoms with Crippen LogP contribution in [0.15, 0.2) is 42.6 Å². The monoisotopic (exact) mass is 302 g/mol. The third-order valence-electron chi connectivity index (χ3n) is 4.08. The molecule has 1 aliphatic rings. The summed E-state index contributed by atoms with van der Waals surface area (Å²) >= 11 is 6.24. The molecule has 0 spiro atoms. The normalized spacial score (nSPS) is 20.9. The Morgan fingerprint density at radius 1 is 1.24 bits per heavy atom. The lowest BCUT2D eigenvalue weighted by Gasteiger charge is -2.36. The van der Waals surface area contributed by atoms with E-state index in [0.717, 1.165) is 24.4 Å². The molecule has 1 fully saturated rings. The van der Waals surface area contributed by atoms with E-state index in [1.807, 2.05) is 30.5 Å². The molecule has 1 aliphatic carbocycles. The zero-order valence-electron chi connectivity index (χ0n) is 12.1. The van der Waals surface area contributed by atoms with Crippen LogP contribution < -0.4 is 10.1 Å². The molecule has 1 N–H and O–H groups in total. The number of ether oxygens (including phenoxy) is 1. The molecule has 0 unspecified atom stereocenters. The molecule has 1 aromatic carbocycles. The number of hydrogen-bond donors (Lipinski definition) is 1. The molecule has 0 amide bonds. The van der Waals surface area contributed by atoms with Gasteiger partial charge in [-0.1, -0.05) is 35.9 Å². The second-order valence-corrected chi connectivity index (χ2v) is 5.88. The zero-order chi connectivity index (χ0) is 14.7. The van der Waals surface area contributed by atoms with Gasteiger partial charge in [0.1, 0.15) is 0 Å². The molecular weight excluding hydrogens is 284 g/mol. The van der Waals surface area contributed by atoms with Gasteiger partial charge >= 0.3 is 0 Å². The molecule has 3 nitrogen and oxygen atoms in total. The number of hydrogen-bond acceptors (Lipinski definition) is 3. The van der Waals surface area contributed by atoms with Crippen LogP contribution in [-0.2, 0) is 6.54 Å². The molecule has 1 saturated carbocycles. The first-order valence-electron chi connectivity index (χ1n) is 7.23. The summed E-state index contributed by atoms with van der Waals surface area (Å²) in [7, 11) is 1.63. The second kappa shape index (κ2) is 6.46. The summed E-state index contributed by atoms with van der Waals surface area (Å²) in [6.07, 6.45) is 4.15. The lowest BCUT2D eigenvalue weighted by atomic mass is 9.76. The number of pyridine rings is 1. The Morgan fingerprint density at radius 3 is 2.71 bits per heavy atom. The summed E-state index contributed by atoms with van der Waals surface area (Å²) in [5.41, 5.74) is 2.46. The van der Waals surface area contributed by atoms with Gasteiger partial charge in [-0.3, -0.25) is 0 Å². The molecule has 0 atom stereocenters. The van der Waals surface area contributed by atoms with Gasteiger partial charge in [0.25, 0.3) is 0 Å². The van der Waals surface area contributed by atoms with Crippen LogP contribution in [0.25, 0.3) is 0 Å². The van der Waals surface area contributed by atoms with Gasteiger partial charge in [-0.25, -0.2) is 4.98 Å². The summed E-state index contributed by atoms with van der Waals surface area (Å²) in [5.74, 6) is 1.24. The predicted octanol–water partition coefficient (Wildman–Crippen LogP) is 3.78. The van der Waals surface area contributed by atoms with Crippen molar-refractivity contribution in [3.63, 3.8) is 0 Å². The average Bonchev–Trinajstić information content (AvgIpc) is 2.48. The number of aromatic nitrogens is 1. The standard InChI is InChI=1S/C17H19ClN2O/c1-21-17-7-6-12(11-20-17)10-19-14-8-13(9-14)15-4-2-3-5-16(15)18/h2-7,11,13-14,19H,8-10H2,1H3. The summed E-state index contributed by atoms with van der Waals surface area (Å²) in [5, 5.41) is 4.46. The average molecular weight is 303 g/mol. The van der Waals surface area contributed by atoms with Gasteiger partial charge in [-0.15, -0.1) is 0 Å². The number of halogens is 1. The fourth-order valence-electron chi connectivity index (χ4n) is 2.74. The molecule has 0 bridgehead atoms. The molecular formula is C17H19ClN2O. The van der Waals surface area contributed by atoms with Crippen LogP contribution in [0.3, 0.4) is 0 Å². The Morgan fingerprint density at radius 2 is 2.05 bits per heavy atom. The van der Waals surface area contributed by atoms with Crippen LogP contribution in [0.4, 0.5) is 0 Å². The molecule has 3 rings (SSSR count). The smallest absolute Gasteiger partial charge is 0.212 e. The van der Waals surface area contributed by atoms with E-state index in [0.29, 0.717) is 17.8 Å². The number of rotatable bonds is 5. The molecule has 0 saturated heterocycles. The predicted molar refractivity (Wildman–Crippen MR) is 84.8 cm³/mol. The third-order valence-corrected chi connectivity index (χ3v) is 4.43. The van der Waals surface area contributed by atoms with Crippen LogP contribution in [-0.4, -0.2) is 18.1 Å². The summed E-state index contributed by atoms with van der Waals surface area (Å²) in [6, 6.07) is 12.7. The Hall–Kier alpha value is -1.58. The topological polar surface area (TPSA) is 34.1 Å². The molecule has 21 heavy (non-hydrogen) atoms. The molecule has 0 radical (unpaired) electrons. The van der Waals surface area contributed by atoms with Crippen LogP contribution in [0, 0.1) is 0 Å². The Kier molecular flexibility index (Phi) is 4.42. The third kappa shape index (κ3) is 3.36. The zero-order valence-corrected chi connectivity index (χ0v) is 12.8. The van der Waals surface area contributed by atoms with E-state index in [4.69, 9.17) is 16.3 Å². The highest BCUT2D eigenvalue weighted by Crippen LogP contribution is 2.39. The maximum Gasteiger partial charge on any atom is 0.212 e. The fourth-order valence-corrected chi connectivity index (χ4v) is 3.03. The van der Waals surface area contributed by atoms with Crippen LogP contribution in [0.5, 0.6) is 5.88 Å². The first kappa shape index (κ1) is 14.4. The highest BCUT2D eigenvalue weighted by Gasteiger charge is 2.30. The minimum atomic E-state index is 0.563. The SMILES string of the molecule is COc1ccc(CNC2CC(c3ccccc3Cl)C2)cn1. The van der Waals surface area contributed by atoms with E-state index in [1.165, 1.54) is 11.1 Å². The summed E-state index contributed by atoms with van der Waals surface area (Å²) in [6.45, 7) is 0.844. The molecule has 0 aliphatic heterocycles. The van der Waals surface area contributed by atoms with Crippen molar-refractivity contribution in [2.45, 2.75) is 31.3 Å².